The molecule has 1 heterocycles. The van der Waals surface area contributed by atoms with Crippen molar-refractivity contribution in [2.24, 2.45) is 23.7 Å². The fourth-order valence-corrected chi connectivity index (χ4v) is 6.42. The molecule has 4 bridgehead atoms. The Hall–Kier alpha value is -1.06. The largest absolute Gasteiger partial charge is 0.350 e. The highest BCUT2D eigenvalue weighted by Crippen LogP contribution is 2.55. The fraction of sp³-hybridized carbons (Fsp3) is 0.900. The van der Waals surface area contributed by atoms with Crippen LogP contribution >= 0.6 is 0 Å². The van der Waals surface area contributed by atoms with Crippen LogP contribution in [0.2, 0.25) is 0 Å². The molecule has 1 aliphatic heterocycles. The second-order valence-electron chi connectivity index (χ2n) is 9.12. The minimum Gasteiger partial charge on any atom is -0.350 e. The van der Waals surface area contributed by atoms with Crippen molar-refractivity contribution in [3.05, 3.63) is 0 Å². The predicted molar refractivity (Wildman–Crippen MR) is 93.3 cm³/mol. The molecule has 4 aliphatic carbocycles. The molecule has 0 radical (unpaired) electrons. The zero-order chi connectivity index (χ0) is 16.7. The van der Waals surface area contributed by atoms with Crippen LogP contribution in [0.3, 0.4) is 0 Å². The third kappa shape index (κ3) is 3.09. The molecule has 0 aromatic carbocycles. The van der Waals surface area contributed by atoms with Crippen LogP contribution in [0.1, 0.15) is 71.1 Å². The highest BCUT2D eigenvalue weighted by atomic mass is 16.2. The van der Waals surface area contributed by atoms with Crippen LogP contribution in [0, 0.1) is 23.7 Å². The van der Waals surface area contributed by atoms with E-state index in [-0.39, 0.29) is 23.3 Å². The van der Waals surface area contributed by atoms with Gasteiger partial charge in [-0.1, -0.05) is 6.92 Å². The molecule has 0 spiro atoms. The molecule has 0 aromatic heterocycles. The average molecular weight is 332 g/mol. The van der Waals surface area contributed by atoms with Crippen molar-refractivity contribution in [1.82, 2.24) is 10.2 Å². The minimum absolute atomic E-state index is 0.00700. The standard InChI is InChI=1S/C20H32N2O2/c1-2-4-18(23)22-6-3-5-17(13-22)19(24)21-20-10-14-7-15(11-20)9-16(8-14)12-20/h14-17H,2-13H2,1H3,(H,21,24)/t14?,15?,16?,17-,20?/m1/s1. The van der Waals surface area contributed by atoms with Crippen molar-refractivity contribution < 1.29 is 9.59 Å². The van der Waals surface area contributed by atoms with Gasteiger partial charge in [0.15, 0.2) is 0 Å². The number of carbonyl (C=O) groups excluding carboxylic acids is 2. The first-order chi connectivity index (χ1) is 11.6. The maximum Gasteiger partial charge on any atom is 0.225 e. The molecule has 5 aliphatic rings. The topological polar surface area (TPSA) is 49.4 Å². The Morgan fingerprint density at radius 3 is 2.29 bits per heavy atom. The highest BCUT2D eigenvalue weighted by Gasteiger charge is 2.51. The molecule has 4 heteroatoms. The van der Waals surface area contributed by atoms with Gasteiger partial charge in [0.25, 0.3) is 0 Å². The number of piperidine rings is 1. The number of nitrogens with zero attached hydrogens (tertiary/aromatic N) is 1. The number of likely N-dealkylation sites (tertiary alicyclic amines) is 1. The molecule has 5 fully saturated rings. The summed E-state index contributed by atoms with van der Waals surface area (Å²) >= 11 is 0. The monoisotopic (exact) mass is 332 g/mol. The quantitative estimate of drug-likeness (QED) is 0.860. The molecule has 134 valence electrons. The van der Waals surface area contributed by atoms with Crippen molar-refractivity contribution in [2.45, 2.75) is 76.7 Å². The maximum atomic E-state index is 13.0. The van der Waals surface area contributed by atoms with Crippen LogP contribution in [0.15, 0.2) is 0 Å². The average Bonchev–Trinajstić information content (AvgIpc) is 2.53. The zero-order valence-corrected chi connectivity index (χ0v) is 15.1. The molecule has 1 saturated heterocycles. The van der Waals surface area contributed by atoms with Crippen LogP contribution in [0.5, 0.6) is 0 Å². The number of nitrogens with one attached hydrogen (secondary N) is 1. The predicted octanol–water partition coefficient (Wildman–Crippen LogP) is 3.11. The summed E-state index contributed by atoms with van der Waals surface area (Å²) in [7, 11) is 0. The van der Waals surface area contributed by atoms with Gasteiger partial charge in [0, 0.05) is 25.0 Å². The van der Waals surface area contributed by atoms with E-state index in [1.807, 2.05) is 11.8 Å². The van der Waals surface area contributed by atoms with Gasteiger partial charge < -0.3 is 10.2 Å². The fourth-order valence-electron chi connectivity index (χ4n) is 6.42. The number of carbonyl (C=O) groups is 2. The summed E-state index contributed by atoms with van der Waals surface area (Å²) in [5.74, 6) is 3.02. The zero-order valence-electron chi connectivity index (χ0n) is 15.1. The summed E-state index contributed by atoms with van der Waals surface area (Å²) in [5, 5.41) is 3.51. The van der Waals surface area contributed by atoms with Gasteiger partial charge in [0.2, 0.25) is 11.8 Å². The van der Waals surface area contributed by atoms with Gasteiger partial charge in [-0.25, -0.2) is 0 Å². The lowest BCUT2D eigenvalue weighted by Gasteiger charge is -2.57. The van der Waals surface area contributed by atoms with Crippen LogP contribution in [0.25, 0.3) is 0 Å². The van der Waals surface area contributed by atoms with Crippen LogP contribution < -0.4 is 5.32 Å². The Morgan fingerprint density at radius 1 is 1.08 bits per heavy atom. The molecule has 24 heavy (non-hydrogen) atoms. The summed E-state index contributed by atoms with van der Waals surface area (Å²) < 4.78 is 0. The van der Waals surface area contributed by atoms with E-state index in [4.69, 9.17) is 0 Å². The molecule has 1 N–H and O–H groups in total. The second-order valence-corrected chi connectivity index (χ2v) is 9.12. The smallest absolute Gasteiger partial charge is 0.225 e. The first-order valence-corrected chi connectivity index (χ1v) is 10.2. The van der Waals surface area contributed by atoms with E-state index in [0.717, 1.165) is 43.6 Å². The van der Waals surface area contributed by atoms with Crippen molar-refractivity contribution in [2.75, 3.05) is 13.1 Å². The summed E-state index contributed by atoms with van der Waals surface area (Å²) in [5.41, 5.74) is 0.0987. The Kier molecular flexibility index (Phi) is 4.34. The van der Waals surface area contributed by atoms with Gasteiger partial charge in [-0.15, -0.1) is 0 Å². The lowest BCUT2D eigenvalue weighted by atomic mass is 9.53. The number of hydrogen-bond acceptors (Lipinski definition) is 2. The van der Waals surface area contributed by atoms with E-state index in [9.17, 15) is 9.59 Å². The molecule has 5 rings (SSSR count). The molecule has 2 amide bonds. The van der Waals surface area contributed by atoms with Crippen molar-refractivity contribution in [3.8, 4) is 0 Å². The van der Waals surface area contributed by atoms with Crippen LogP contribution in [-0.4, -0.2) is 35.3 Å². The molecule has 0 unspecified atom stereocenters. The molecule has 1 atom stereocenters. The van der Waals surface area contributed by atoms with E-state index in [1.54, 1.807) is 0 Å². The van der Waals surface area contributed by atoms with Crippen LogP contribution in [-0.2, 0) is 9.59 Å². The number of amides is 2. The van der Waals surface area contributed by atoms with Crippen molar-refractivity contribution in [3.63, 3.8) is 0 Å². The van der Waals surface area contributed by atoms with Crippen molar-refractivity contribution in [1.29, 1.82) is 0 Å². The van der Waals surface area contributed by atoms with Gasteiger partial charge in [-0.3, -0.25) is 9.59 Å². The van der Waals surface area contributed by atoms with Gasteiger partial charge >= 0.3 is 0 Å². The SMILES string of the molecule is CCCC(=O)N1CCC[C@@H](C(=O)NC23CC4CC(CC(C4)C2)C3)C1. The third-order valence-electron chi connectivity index (χ3n) is 7.04. The van der Waals surface area contributed by atoms with Gasteiger partial charge in [0.1, 0.15) is 0 Å². The first kappa shape index (κ1) is 16.4. The molecule has 0 aromatic rings. The summed E-state index contributed by atoms with van der Waals surface area (Å²) in [6.07, 6.45) is 11.2. The van der Waals surface area contributed by atoms with E-state index in [1.165, 1.54) is 38.5 Å². The summed E-state index contributed by atoms with van der Waals surface area (Å²) in [4.78, 5) is 27.1. The third-order valence-corrected chi connectivity index (χ3v) is 7.04. The van der Waals surface area contributed by atoms with Crippen LogP contribution in [0.4, 0.5) is 0 Å². The lowest BCUT2D eigenvalue weighted by molar-refractivity contribution is -0.137. The number of hydrogen-bond donors (Lipinski definition) is 1. The minimum atomic E-state index is 0.00700. The molecule has 4 nitrogen and oxygen atoms in total. The number of rotatable bonds is 4. The normalized spacial score (nSPS) is 40.6. The van der Waals surface area contributed by atoms with E-state index in [2.05, 4.69) is 5.32 Å². The van der Waals surface area contributed by atoms with E-state index < -0.39 is 0 Å². The first-order valence-electron chi connectivity index (χ1n) is 10.2. The van der Waals surface area contributed by atoms with E-state index in [0.29, 0.717) is 13.0 Å². The molecular formula is C20H32N2O2. The lowest BCUT2D eigenvalue weighted by Crippen LogP contribution is -2.61. The van der Waals surface area contributed by atoms with Gasteiger partial charge in [-0.2, -0.15) is 0 Å². The Labute approximate surface area is 145 Å². The maximum absolute atomic E-state index is 13.0. The summed E-state index contributed by atoms with van der Waals surface area (Å²) in [6, 6.07) is 0. The summed E-state index contributed by atoms with van der Waals surface area (Å²) in [6.45, 7) is 3.51. The Balaban J connectivity index is 1.38. The van der Waals surface area contributed by atoms with Crippen molar-refractivity contribution >= 4 is 11.8 Å². The van der Waals surface area contributed by atoms with Gasteiger partial charge in [-0.05, 0) is 75.5 Å². The molecular weight excluding hydrogens is 300 g/mol. The Morgan fingerprint density at radius 2 is 1.71 bits per heavy atom. The highest BCUT2D eigenvalue weighted by molar-refractivity contribution is 5.82. The van der Waals surface area contributed by atoms with Gasteiger partial charge in [0.05, 0.1) is 5.92 Å². The second kappa shape index (κ2) is 6.34. The van der Waals surface area contributed by atoms with E-state index >= 15 is 0 Å². The Bertz CT molecular complexity index is 480. The molecule has 4 saturated carbocycles.